The largest absolute Gasteiger partial charge is 0.293 e. The van der Waals surface area contributed by atoms with Crippen LogP contribution in [-0.2, 0) is 0 Å². The molecule has 1 aromatic carbocycles. The van der Waals surface area contributed by atoms with Gasteiger partial charge < -0.3 is 0 Å². The van der Waals surface area contributed by atoms with E-state index in [0.717, 1.165) is 0 Å². The molecule has 0 heterocycles. The second-order valence-electron chi connectivity index (χ2n) is 3.31. The van der Waals surface area contributed by atoms with Gasteiger partial charge in [-0.05, 0) is 38.1 Å². The molecule has 0 aliphatic carbocycles. The van der Waals surface area contributed by atoms with Crippen molar-refractivity contribution in [3.05, 3.63) is 35.6 Å². The lowest BCUT2D eigenvalue weighted by molar-refractivity contribution is 0.0961. The summed E-state index contributed by atoms with van der Waals surface area (Å²) in [7, 11) is 0. The maximum Gasteiger partial charge on any atom is 0.178 e. The first kappa shape index (κ1) is 10.4. The highest BCUT2D eigenvalue weighted by Crippen LogP contribution is 2.21. The van der Waals surface area contributed by atoms with E-state index in [1.165, 1.54) is 24.3 Å². The predicted molar refractivity (Wildman–Crippen MR) is 53.7 cm³/mol. The number of rotatable bonds is 2. The summed E-state index contributed by atoms with van der Waals surface area (Å²) in [5.41, 5.74) is 0.517. The summed E-state index contributed by atoms with van der Waals surface area (Å²) in [6, 6.07) is 5.54. The van der Waals surface area contributed by atoms with Crippen LogP contribution in [0.25, 0.3) is 0 Å². The molecule has 0 unspecified atom stereocenters. The van der Waals surface area contributed by atoms with Gasteiger partial charge in [0.2, 0.25) is 0 Å². The number of hydrogen-bond donors (Lipinski definition) is 0. The standard InChI is InChI=1S/C10H10BrFO/c1-10(2,11)9(13)7-3-5-8(12)6-4-7/h3-6H,1-2H3. The monoisotopic (exact) mass is 244 g/mol. The summed E-state index contributed by atoms with van der Waals surface area (Å²) in [5.74, 6) is -0.378. The molecule has 0 saturated heterocycles. The Morgan fingerprint density at radius 3 is 2.15 bits per heavy atom. The summed E-state index contributed by atoms with van der Waals surface area (Å²) < 4.78 is 11.9. The minimum absolute atomic E-state index is 0.0486. The summed E-state index contributed by atoms with van der Waals surface area (Å²) >= 11 is 3.26. The van der Waals surface area contributed by atoms with Gasteiger partial charge in [-0.25, -0.2) is 4.39 Å². The fraction of sp³-hybridized carbons (Fsp3) is 0.300. The first-order chi connectivity index (χ1) is 5.91. The molecule has 13 heavy (non-hydrogen) atoms. The average Bonchev–Trinajstić information content (AvgIpc) is 2.03. The molecule has 0 N–H and O–H groups in total. The Morgan fingerprint density at radius 2 is 1.77 bits per heavy atom. The molecule has 0 radical (unpaired) electrons. The van der Waals surface area contributed by atoms with Crippen LogP contribution in [0.3, 0.4) is 0 Å². The van der Waals surface area contributed by atoms with Crippen LogP contribution >= 0.6 is 15.9 Å². The van der Waals surface area contributed by atoms with Crippen LogP contribution in [0.2, 0.25) is 0 Å². The topological polar surface area (TPSA) is 17.1 Å². The number of halogens is 2. The molecular weight excluding hydrogens is 235 g/mol. The smallest absolute Gasteiger partial charge is 0.178 e. The van der Waals surface area contributed by atoms with Crippen LogP contribution in [0.1, 0.15) is 24.2 Å². The van der Waals surface area contributed by atoms with Crippen molar-refractivity contribution < 1.29 is 9.18 Å². The summed E-state index contributed by atoms with van der Waals surface area (Å²) in [5, 5.41) is 0. The molecule has 0 saturated carbocycles. The van der Waals surface area contributed by atoms with Crippen LogP contribution in [0.15, 0.2) is 24.3 Å². The normalized spacial score (nSPS) is 11.4. The van der Waals surface area contributed by atoms with Crippen LogP contribution < -0.4 is 0 Å². The summed E-state index contributed by atoms with van der Waals surface area (Å²) in [6.07, 6.45) is 0. The van der Waals surface area contributed by atoms with Gasteiger partial charge in [0.15, 0.2) is 5.78 Å². The van der Waals surface area contributed by atoms with Gasteiger partial charge in [-0.1, -0.05) is 15.9 Å². The Morgan fingerprint density at radius 1 is 1.31 bits per heavy atom. The van der Waals surface area contributed by atoms with E-state index in [2.05, 4.69) is 15.9 Å². The van der Waals surface area contributed by atoms with Gasteiger partial charge in [0.05, 0.1) is 4.32 Å². The van der Waals surface area contributed by atoms with Crippen molar-refractivity contribution in [2.45, 2.75) is 18.2 Å². The number of benzene rings is 1. The van der Waals surface area contributed by atoms with E-state index in [0.29, 0.717) is 5.56 Å². The van der Waals surface area contributed by atoms with Crippen molar-refractivity contribution in [2.24, 2.45) is 0 Å². The molecule has 0 aliphatic heterocycles. The van der Waals surface area contributed by atoms with Gasteiger partial charge in [0.25, 0.3) is 0 Å². The second-order valence-corrected chi connectivity index (χ2v) is 5.29. The molecule has 70 valence electrons. The summed E-state index contributed by atoms with van der Waals surface area (Å²) in [4.78, 5) is 11.6. The minimum atomic E-state index is -0.592. The highest BCUT2D eigenvalue weighted by molar-refractivity contribution is 9.10. The molecule has 1 nitrogen and oxygen atoms in total. The zero-order chi connectivity index (χ0) is 10.1. The lowest BCUT2D eigenvalue weighted by Crippen LogP contribution is -2.23. The Kier molecular flexibility index (Phi) is 2.86. The van der Waals surface area contributed by atoms with E-state index in [1.807, 2.05) is 0 Å². The highest BCUT2D eigenvalue weighted by atomic mass is 79.9. The summed E-state index contributed by atoms with van der Waals surface area (Å²) in [6.45, 7) is 3.53. The first-order valence-electron chi connectivity index (χ1n) is 3.90. The molecule has 3 heteroatoms. The molecule has 0 amide bonds. The fourth-order valence-electron chi connectivity index (χ4n) is 0.944. The molecule has 0 atom stereocenters. The molecular formula is C10H10BrFO. The number of carbonyl (C=O) groups is 1. The Labute approximate surface area is 85.1 Å². The number of hydrogen-bond acceptors (Lipinski definition) is 1. The van der Waals surface area contributed by atoms with Crippen molar-refractivity contribution in [3.8, 4) is 0 Å². The highest BCUT2D eigenvalue weighted by Gasteiger charge is 2.24. The molecule has 0 bridgehead atoms. The maximum absolute atomic E-state index is 12.5. The zero-order valence-corrected chi connectivity index (χ0v) is 9.06. The van der Waals surface area contributed by atoms with Crippen molar-refractivity contribution >= 4 is 21.7 Å². The van der Waals surface area contributed by atoms with Crippen molar-refractivity contribution in [1.29, 1.82) is 0 Å². The molecule has 1 rings (SSSR count). The number of Topliss-reactive ketones (excluding diaryl/α,β-unsaturated/α-hetero) is 1. The van der Waals surface area contributed by atoms with Gasteiger partial charge in [0.1, 0.15) is 5.82 Å². The van der Waals surface area contributed by atoms with E-state index in [1.54, 1.807) is 13.8 Å². The van der Waals surface area contributed by atoms with Crippen LogP contribution in [0.5, 0.6) is 0 Å². The second kappa shape index (κ2) is 3.58. The fourth-order valence-corrected chi connectivity index (χ4v) is 1.17. The molecule has 0 aliphatic rings. The maximum atomic E-state index is 12.5. The van der Waals surface area contributed by atoms with Crippen molar-refractivity contribution in [2.75, 3.05) is 0 Å². The molecule has 0 spiro atoms. The van der Waals surface area contributed by atoms with Gasteiger partial charge in [-0.2, -0.15) is 0 Å². The molecule has 1 aromatic rings. The van der Waals surface area contributed by atoms with Crippen LogP contribution in [0.4, 0.5) is 4.39 Å². The zero-order valence-electron chi connectivity index (χ0n) is 7.47. The molecule has 0 fully saturated rings. The average molecular weight is 245 g/mol. The number of carbonyl (C=O) groups excluding carboxylic acids is 1. The third kappa shape index (κ3) is 2.62. The van der Waals surface area contributed by atoms with Crippen LogP contribution in [-0.4, -0.2) is 10.1 Å². The third-order valence-electron chi connectivity index (χ3n) is 1.65. The lowest BCUT2D eigenvalue weighted by atomic mass is 10.0. The Hall–Kier alpha value is -0.700. The van der Waals surface area contributed by atoms with Crippen molar-refractivity contribution in [3.63, 3.8) is 0 Å². The van der Waals surface area contributed by atoms with Gasteiger partial charge in [-0.15, -0.1) is 0 Å². The first-order valence-corrected chi connectivity index (χ1v) is 4.70. The van der Waals surface area contributed by atoms with E-state index in [4.69, 9.17) is 0 Å². The van der Waals surface area contributed by atoms with Crippen LogP contribution in [0, 0.1) is 5.82 Å². The quantitative estimate of drug-likeness (QED) is 0.577. The third-order valence-corrected chi connectivity index (χ3v) is 2.01. The predicted octanol–water partition coefficient (Wildman–Crippen LogP) is 3.18. The van der Waals surface area contributed by atoms with E-state index >= 15 is 0 Å². The lowest BCUT2D eigenvalue weighted by Gasteiger charge is -2.13. The Bertz CT molecular complexity index is 311. The Balaban J connectivity index is 2.97. The molecule has 0 aromatic heterocycles. The van der Waals surface area contributed by atoms with E-state index in [-0.39, 0.29) is 11.6 Å². The SMILES string of the molecule is CC(C)(Br)C(=O)c1ccc(F)cc1. The minimum Gasteiger partial charge on any atom is -0.293 e. The van der Waals surface area contributed by atoms with E-state index in [9.17, 15) is 9.18 Å². The van der Waals surface area contributed by atoms with Crippen molar-refractivity contribution in [1.82, 2.24) is 0 Å². The van der Waals surface area contributed by atoms with Gasteiger partial charge >= 0.3 is 0 Å². The van der Waals surface area contributed by atoms with Gasteiger partial charge in [-0.3, -0.25) is 4.79 Å². The van der Waals surface area contributed by atoms with Gasteiger partial charge in [0, 0.05) is 5.56 Å². The number of alkyl halides is 1. The number of ketones is 1. The van der Waals surface area contributed by atoms with E-state index < -0.39 is 4.32 Å².